The van der Waals surface area contributed by atoms with E-state index in [2.05, 4.69) is 20.3 Å². The van der Waals surface area contributed by atoms with Gasteiger partial charge in [-0.05, 0) is 38.1 Å². The maximum atomic E-state index is 12.8. The summed E-state index contributed by atoms with van der Waals surface area (Å²) in [4.78, 5) is 25.7. The fraction of sp³-hybridized carbons (Fsp3) is 0.182. The molecule has 0 unspecified atom stereocenters. The first kappa shape index (κ1) is 21.1. The third-order valence-electron chi connectivity index (χ3n) is 4.56. The van der Waals surface area contributed by atoms with Gasteiger partial charge in [-0.25, -0.2) is 15.0 Å². The van der Waals surface area contributed by atoms with E-state index in [1.807, 2.05) is 32.0 Å². The molecule has 158 valence electrons. The first-order valence-corrected chi connectivity index (χ1v) is 10.3. The van der Waals surface area contributed by atoms with Gasteiger partial charge in [-0.3, -0.25) is 9.36 Å². The fourth-order valence-corrected chi connectivity index (χ4v) is 3.34. The summed E-state index contributed by atoms with van der Waals surface area (Å²) in [6.45, 7) is 3.97. The quantitative estimate of drug-likeness (QED) is 0.410. The predicted octanol–water partition coefficient (Wildman–Crippen LogP) is 5.31. The summed E-state index contributed by atoms with van der Waals surface area (Å²) in [5.41, 5.74) is 1.52. The van der Waals surface area contributed by atoms with Gasteiger partial charge in [0, 0.05) is 36.9 Å². The highest BCUT2D eigenvalue weighted by Gasteiger charge is 2.13. The lowest BCUT2D eigenvalue weighted by Gasteiger charge is -2.13. The molecule has 7 nitrogen and oxygen atoms in total. The van der Waals surface area contributed by atoms with E-state index in [1.165, 1.54) is 10.8 Å². The maximum Gasteiger partial charge on any atom is 0.264 e. The summed E-state index contributed by atoms with van der Waals surface area (Å²) in [7, 11) is 1.69. The second-order valence-electron chi connectivity index (χ2n) is 7.23. The molecule has 0 saturated heterocycles. The lowest BCUT2D eigenvalue weighted by molar-refractivity contribution is 0.483. The van der Waals surface area contributed by atoms with E-state index < -0.39 is 0 Å². The van der Waals surface area contributed by atoms with Crippen molar-refractivity contribution in [3.8, 4) is 22.8 Å². The van der Waals surface area contributed by atoms with Crippen molar-refractivity contribution in [3.63, 3.8) is 0 Å². The smallest absolute Gasteiger partial charge is 0.264 e. The number of hydrogen-bond acceptors (Lipinski definition) is 6. The van der Waals surface area contributed by atoms with Crippen LogP contribution in [0.3, 0.4) is 0 Å². The van der Waals surface area contributed by atoms with Crippen LogP contribution in [0.5, 0.6) is 11.5 Å². The Bertz CT molecular complexity index is 1340. The Morgan fingerprint density at radius 3 is 2.68 bits per heavy atom. The van der Waals surface area contributed by atoms with Gasteiger partial charge in [-0.1, -0.05) is 29.3 Å². The fourth-order valence-electron chi connectivity index (χ4n) is 3.04. The van der Waals surface area contributed by atoms with Crippen molar-refractivity contribution in [1.29, 1.82) is 0 Å². The van der Waals surface area contributed by atoms with Crippen molar-refractivity contribution in [1.82, 2.24) is 19.5 Å². The molecule has 0 atom stereocenters. The summed E-state index contributed by atoms with van der Waals surface area (Å²) in [6, 6.07) is 10.9. The maximum absolute atomic E-state index is 12.8. The molecule has 0 spiro atoms. The molecule has 0 saturated carbocycles. The predicted molar refractivity (Wildman–Crippen MR) is 123 cm³/mol. The van der Waals surface area contributed by atoms with E-state index in [0.717, 1.165) is 10.9 Å². The molecule has 0 radical (unpaired) electrons. The number of aromatic nitrogens is 4. The second-order valence-corrected chi connectivity index (χ2v) is 7.96. The second kappa shape index (κ2) is 8.53. The van der Waals surface area contributed by atoms with Gasteiger partial charge in [0.2, 0.25) is 5.95 Å². The largest absolute Gasteiger partial charge is 0.456 e. The van der Waals surface area contributed by atoms with Crippen molar-refractivity contribution >= 4 is 40.1 Å². The Balaban J connectivity index is 1.67. The summed E-state index contributed by atoms with van der Waals surface area (Å²) < 4.78 is 7.33. The van der Waals surface area contributed by atoms with Crippen LogP contribution >= 0.6 is 23.2 Å². The lowest BCUT2D eigenvalue weighted by Crippen LogP contribution is -2.25. The number of anilines is 1. The molecule has 0 aliphatic rings. The molecule has 0 bridgehead atoms. The zero-order valence-electron chi connectivity index (χ0n) is 17.1. The van der Waals surface area contributed by atoms with Crippen LogP contribution in [0.1, 0.15) is 13.8 Å². The van der Waals surface area contributed by atoms with Gasteiger partial charge in [0.15, 0.2) is 10.9 Å². The standard InChI is InChI=1S/C22H19Cl2N5O2/c1-12(2)27-22-26-11-15(21(30)29(22)3)17-6-4-13-10-14(5-7-16(13)28-17)31-18-8-9-25-20(24)19(18)23/h4-12H,1-3H3,(H,26,27). The molecule has 0 amide bonds. The third kappa shape index (κ3) is 4.33. The van der Waals surface area contributed by atoms with E-state index in [4.69, 9.17) is 27.9 Å². The summed E-state index contributed by atoms with van der Waals surface area (Å²) >= 11 is 12.1. The summed E-state index contributed by atoms with van der Waals surface area (Å²) in [6.07, 6.45) is 3.07. The monoisotopic (exact) mass is 455 g/mol. The van der Waals surface area contributed by atoms with E-state index in [9.17, 15) is 4.79 Å². The first-order chi connectivity index (χ1) is 14.8. The van der Waals surface area contributed by atoms with Crippen LogP contribution in [0.15, 0.2) is 53.6 Å². The van der Waals surface area contributed by atoms with Crippen LogP contribution < -0.4 is 15.6 Å². The van der Waals surface area contributed by atoms with Crippen molar-refractivity contribution < 1.29 is 4.74 Å². The first-order valence-electron chi connectivity index (χ1n) is 9.55. The highest BCUT2D eigenvalue weighted by atomic mass is 35.5. The van der Waals surface area contributed by atoms with E-state index >= 15 is 0 Å². The van der Waals surface area contributed by atoms with Crippen LogP contribution in [-0.4, -0.2) is 25.6 Å². The molecule has 3 heterocycles. The van der Waals surface area contributed by atoms with Gasteiger partial charge in [0.05, 0.1) is 16.8 Å². The number of nitrogens with zero attached hydrogens (tertiary/aromatic N) is 4. The minimum Gasteiger partial charge on any atom is -0.456 e. The number of halogens is 2. The van der Waals surface area contributed by atoms with Gasteiger partial charge < -0.3 is 10.1 Å². The normalized spacial score (nSPS) is 11.2. The molecule has 4 rings (SSSR count). The van der Waals surface area contributed by atoms with Crippen LogP contribution in [-0.2, 0) is 7.05 Å². The molecule has 0 fully saturated rings. The molecule has 0 aliphatic carbocycles. The Morgan fingerprint density at radius 2 is 1.90 bits per heavy atom. The van der Waals surface area contributed by atoms with Gasteiger partial charge in [-0.2, -0.15) is 0 Å². The molecular weight excluding hydrogens is 437 g/mol. The number of benzene rings is 1. The molecule has 31 heavy (non-hydrogen) atoms. The van der Waals surface area contributed by atoms with E-state index in [1.54, 1.807) is 31.4 Å². The van der Waals surface area contributed by atoms with E-state index in [0.29, 0.717) is 28.7 Å². The molecule has 0 aliphatic heterocycles. The SMILES string of the molecule is CC(C)Nc1ncc(-c2ccc3cc(Oc4ccnc(Cl)c4Cl)ccc3n2)c(=O)n1C. The van der Waals surface area contributed by atoms with Crippen molar-refractivity contribution in [2.45, 2.75) is 19.9 Å². The highest BCUT2D eigenvalue weighted by molar-refractivity contribution is 6.42. The number of fused-ring (bicyclic) bond motifs is 1. The van der Waals surface area contributed by atoms with Crippen LogP contribution in [0.25, 0.3) is 22.2 Å². The molecule has 4 aromatic rings. The zero-order chi connectivity index (χ0) is 22.1. The molecule has 3 aromatic heterocycles. The van der Waals surface area contributed by atoms with Crippen molar-refractivity contribution in [2.24, 2.45) is 7.05 Å². The Kier molecular flexibility index (Phi) is 5.80. The van der Waals surface area contributed by atoms with Gasteiger partial charge in [0.25, 0.3) is 5.56 Å². The Labute approximate surface area is 188 Å². The number of rotatable bonds is 5. The topological polar surface area (TPSA) is 81.9 Å². The minimum absolute atomic E-state index is 0.164. The molecule has 9 heteroatoms. The Hall–Kier alpha value is -3.16. The third-order valence-corrected chi connectivity index (χ3v) is 5.31. The minimum atomic E-state index is -0.172. The Morgan fingerprint density at radius 1 is 1.10 bits per heavy atom. The van der Waals surface area contributed by atoms with E-state index in [-0.39, 0.29) is 21.8 Å². The number of hydrogen-bond donors (Lipinski definition) is 1. The van der Waals surface area contributed by atoms with Crippen molar-refractivity contribution in [2.75, 3.05) is 5.32 Å². The van der Waals surface area contributed by atoms with Crippen LogP contribution in [0.4, 0.5) is 5.95 Å². The number of pyridine rings is 2. The highest BCUT2D eigenvalue weighted by Crippen LogP contribution is 2.34. The van der Waals surface area contributed by atoms with Gasteiger partial charge >= 0.3 is 0 Å². The molecule has 1 aromatic carbocycles. The lowest BCUT2D eigenvalue weighted by atomic mass is 10.1. The average molecular weight is 456 g/mol. The molecule has 1 N–H and O–H groups in total. The van der Waals surface area contributed by atoms with Crippen LogP contribution in [0.2, 0.25) is 10.2 Å². The van der Waals surface area contributed by atoms with Crippen LogP contribution in [0, 0.1) is 0 Å². The number of nitrogens with one attached hydrogen (secondary N) is 1. The zero-order valence-corrected chi connectivity index (χ0v) is 18.6. The van der Waals surface area contributed by atoms with Gasteiger partial charge in [0.1, 0.15) is 10.8 Å². The number of ether oxygens (including phenoxy) is 1. The average Bonchev–Trinajstić information content (AvgIpc) is 2.74. The van der Waals surface area contributed by atoms with Crippen molar-refractivity contribution in [3.05, 3.63) is 69.3 Å². The molecular formula is C22H19Cl2N5O2. The summed E-state index contributed by atoms with van der Waals surface area (Å²) in [5.74, 6) is 1.50. The summed E-state index contributed by atoms with van der Waals surface area (Å²) in [5, 5.41) is 4.42. The van der Waals surface area contributed by atoms with Gasteiger partial charge in [-0.15, -0.1) is 0 Å².